The number of aliphatic hydroxyl groups is 1. The number of aromatic hydroxyl groups is 1. The van der Waals surface area contributed by atoms with Gasteiger partial charge < -0.3 is 10.2 Å². The number of hydrogen-bond donors (Lipinski definition) is 2. The van der Waals surface area contributed by atoms with Crippen molar-refractivity contribution in [2.24, 2.45) is 0 Å². The van der Waals surface area contributed by atoms with E-state index in [1.165, 1.54) is 12.1 Å². The van der Waals surface area contributed by atoms with E-state index in [4.69, 9.17) is 0 Å². The molecule has 0 spiro atoms. The Morgan fingerprint density at radius 3 is 2.43 bits per heavy atom. The molecular formula is C15H12F3N3O2. The molecule has 2 N–H and O–H groups in total. The van der Waals surface area contributed by atoms with E-state index in [0.717, 1.165) is 16.9 Å². The van der Waals surface area contributed by atoms with Crippen LogP contribution in [0.4, 0.5) is 13.2 Å². The minimum Gasteiger partial charge on any atom is -0.505 e. The third-order valence-electron chi connectivity index (χ3n) is 3.45. The maximum absolute atomic E-state index is 12.7. The monoisotopic (exact) mass is 323 g/mol. The number of rotatable bonds is 2. The number of benzene rings is 2. The summed E-state index contributed by atoms with van der Waals surface area (Å²) in [6, 6.07) is 6.13. The molecule has 0 atom stereocenters. The SMILES string of the molecule is Cc1cc(CO)cc(-n2nc3ccc(C(F)(F)F)cc3n2)c1O. The summed E-state index contributed by atoms with van der Waals surface area (Å²) in [6.07, 6.45) is -4.46. The summed E-state index contributed by atoms with van der Waals surface area (Å²) in [7, 11) is 0. The van der Waals surface area contributed by atoms with Crippen LogP contribution < -0.4 is 0 Å². The lowest BCUT2D eigenvalue weighted by Gasteiger charge is -2.08. The van der Waals surface area contributed by atoms with Gasteiger partial charge in [0.15, 0.2) is 0 Å². The highest BCUT2D eigenvalue weighted by Gasteiger charge is 2.31. The van der Waals surface area contributed by atoms with E-state index in [0.29, 0.717) is 11.1 Å². The number of fused-ring (bicyclic) bond motifs is 1. The standard InChI is InChI=1S/C15H12F3N3O2/c1-8-4-9(7-22)5-13(14(8)23)21-19-11-3-2-10(15(16,17)18)6-12(11)20-21/h2-6,22-23H,7H2,1H3. The van der Waals surface area contributed by atoms with E-state index < -0.39 is 11.7 Å². The zero-order chi connectivity index (χ0) is 16.8. The van der Waals surface area contributed by atoms with E-state index >= 15 is 0 Å². The number of halogens is 3. The Morgan fingerprint density at radius 2 is 1.78 bits per heavy atom. The van der Waals surface area contributed by atoms with Crippen molar-refractivity contribution in [3.63, 3.8) is 0 Å². The molecule has 1 aromatic heterocycles. The molecular weight excluding hydrogens is 311 g/mol. The first-order valence-corrected chi connectivity index (χ1v) is 6.67. The van der Waals surface area contributed by atoms with Gasteiger partial charge in [-0.25, -0.2) is 0 Å². The normalized spacial score (nSPS) is 12.0. The molecule has 0 saturated carbocycles. The fourth-order valence-electron chi connectivity index (χ4n) is 2.28. The Hall–Kier alpha value is -2.61. The minimum atomic E-state index is -4.46. The summed E-state index contributed by atoms with van der Waals surface area (Å²) in [5.74, 6) is -0.0986. The summed E-state index contributed by atoms with van der Waals surface area (Å²) >= 11 is 0. The van der Waals surface area contributed by atoms with E-state index in [9.17, 15) is 23.4 Å². The van der Waals surface area contributed by atoms with Crippen molar-refractivity contribution in [3.05, 3.63) is 47.0 Å². The molecule has 3 aromatic rings. The van der Waals surface area contributed by atoms with Crippen molar-refractivity contribution in [1.82, 2.24) is 15.0 Å². The molecule has 8 heteroatoms. The van der Waals surface area contributed by atoms with Gasteiger partial charge in [-0.3, -0.25) is 0 Å². The van der Waals surface area contributed by atoms with Crippen molar-refractivity contribution >= 4 is 11.0 Å². The minimum absolute atomic E-state index is 0.0614. The summed E-state index contributed by atoms with van der Waals surface area (Å²) in [5.41, 5.74) is 0.743. The molecule has 23 heavy (non-hydrogen) atoms. The van der Waals surface area contributed by atoms with Crippen molar-refractivity contribution in [3.8, 4) is 11.4 Å². The number of phenolic OH excluding ortho intramolecular Hbond substituents is 1. The summed E-state index contributed by atoms with van der Waals surface area (Å²) in [6.45, 7) is 1.40. The van der Waals surface area contributed by atoms with Gasteiger partial charge in [-0.2, -0.15) is 13.2 Å². The van der Waals surface area contributed by atoms with Crippen molar-refractivity contribution in [2.45, 2.75) is 19.7 Å². The summed E-state index contributed by atoms with van der Waals surface area (Å²) in [4.78, 5) is 1.06. The maximum Gasteiger partial charge on any atom is 0.416 e. The number of alkyl halides is 3. The van der Waals surface area contributed by atoms with Crippen LogP contribution in [0.5, 0.6) is 5.75 Å². The molecule has 0 bridgehead atoms. The quantitative estimate of drug-likeness (QED) is 0.761. The van der Waals surface area contributed by atoms with Crippen LogP contribution in [0.2, 0.25) is 0 Å². The van der Waals surface area contributed by atoms with Crippen LogP contribution in [0.15, 0.2) is 30.3 Å². The molecule has 0 aliphatic heterocycles. The van der Waals surface area contributed by atoms with Crippen molar-refractivity contribution in [1.29, 1.82) is 0 Å². The Bertz CT molecular complexity index is 888. The Morgan fingerprint density at radius 1 is 1.09 bits per heavy atom. The number of aromatic nitrogens is 3. The van der Waals surface area contributed by atoms with E-state index in [2.05, 4.69) is 10.2 Å². The van der Waals surface area contributed by atoms with Crippen molar-refractivity contribution < 1.29 is 23.4 Å². The van der Waals surface area contributed by atoms with Gasteiger partial charge in [-0.15, -0.1) is 15.0 Å². The molecule has 1 heterocycles. The first-order chi connectivity index (χ1) is 10.8. The van der Waals surface area contributed by atoms with E-state index in [-0.39, 0.29) is 29.1 Å². The summed E-state index contributed by atoms with van der Waals surface area (Å²) < 4.78 is 38.2. The molecule has 0 aliphatic carbocycles. The number of aliphatic hydroxyl groups excluding tert-OH is 1. The van der Waals surface area contributed by atoms with Gasteiger partial charge in [-0.05, 0) is 48.4 Å². The lowest BCUT2D eigenvalue weighted by Crippen LogP contribution is -2.04. The molecule has 0 fully saturated rings. The first-order valence-electron chi connectivity index (χ1n) is 6.67. The van der Waals surface area contributed by atoms with E-state index in [1.807, 2.05) is 0 Å². The molecule has 2 aromatic carbocycles. The molecule has 120 valence electrons. The van der Waals surface area contributed by atoms with Crippen LogP contribution in [0.1, 0.15) is 16.7 Å². The topological polar surface area (TPSA) is 71.2 Å². The smallest absolute Gasteiger partial charge is 0.416 e. The van der Waals surface area contributed by atoms with Crippen LogP contribution in [0.25, 0.3) is 16.7 Å². The van der Waals surface area contributed by atoms with Crippen LogP contribution in [0, 0.1) is 6.92 Å². The highest BCUT2D eigenvalue weighted by molar-refractivity contribution is 5.75. The maximum atomic E-state index is 12.7. The van der Waals surface area contributed by atoms with Gasteiger partial charge in [0.2, 0.25) is 0 Å². The van der Waals surface area contributed by atoms with Gasteiger partial charge in [0.05, 0.1) is 12.2 Å². The zero-order valence-corrected chi connectivity index (χ0v) is 12.0. The Balaban J connectivity index is 2.16. The van der Waals surface area contributed by atoms with Crippen LogP contribution in [-0.4, -0.2) is 25.2 Å². The number of hydrogen-bond acceptors (Lipinski definition) is 4. The number of aryl methyl sites for hydroxylation is 1. The Labute approximate surface area is 128 Å². The summed E-state index contributed by atoms with van der Waals surface area (Å²) in [5, 5.41) is 27.4. The third-order valence-corrected chi connectivity index (χ3v) is 3.45. The predicted molar refractivity (Wildman–Crippen MR) is 76.2 cm³/mol. The van der Waals surface area contributed by atoms with Crippen LogP contribution in [-0.2, 0) is 12.8 Å². The van der Waals surface area contributed by atoms with Gasteiger partial charge in [0.25, 0.3) is 0 Å². The highest BCUT2D eigenvalue weighted by Crippen LogP contribution is 2.31. The Kier molecular flexibility index (Phi) is 3.48. The zero-order valence-electron chi connectivity index (χ0n) is 12.0. The van der Waals surface area contributed by atoms with Crippen molar-refractivity contribution in [2.75, 3.05) is 0 Å². The second-order valence-corrected chi connectivity index (χ2v) is 5.13. The second-order valence-electron chi connectivity index (χ2n) is 5.13. The first kappa shape index (κ1) is 15.3. The fraction of sp³-hybridized carbons (Fsp3) is 0.200. The molecule has 0 amide bonds. The third kappa shape index (κ3) is 2.72. The van der Waals surface area contributed by atoms with Gasteiger partial charge in [-0.1, -0.05) is 0 Å². The average Bonchev–Trinajstić information content (AvgIpc) is 2.91. The van der Waals surface area contributed by atoms with Gasteiger partial charge in [0, 0.05) is 0 Å². The number of nitrogens with zero attached hydrogens (tertiary/aromatic N) is 3. The van der Waals surface area contributed by atoms with E-state index in [1.54, 1.807) is 13.0 Å². The average molecular weight is 323 g/mol. The molecule has 0 aliphatic rings. The molecule has 3 rings (SSSR count). The lowest BCUT2D eigenvalue weighted by molar-refractivity contribution is -0.137. The predicted octanol–water partition coefficient (Wildman–Crippen LogP) is 2.95. The lowest BCUT2D eigenvalue weighted by atomic mass is 10.1. The molecule has 0 radical (unpaired) electrons. The molecule has 0 unspecified atom stereocenters. The van der Waals surface area contributed by atoms with Gasteiger partial charge in [0.1, 0.15) is 22.5 Å². The second kappa shape index (κ2) is 5.24. The molecule has 0 saturated heterocycles. The fourth-order valence-corrected chi connectivity index (χ4v) is 2.28. The van der Waals surface area contributed by atoms with Crippen LogP contribution in [0.3, 0.4) is 0 Å². The van der Waals surface area contributed by atoms with Crippen LogP contribution >= 0.6 is 0 Å². The molecule has 5 nitrogen and oxygen atoms in total. The van der Waals surface area contributed by atoms with Gasteiger partial charge >= 0.3 is 6.18 Å². The number of phenols is 1. The highest BCUT2D eigenvalue weighted by atomic mass is 19.4. The largest absolute Gasteiger partial charge is 0.505 e.